The Hall–Kier alpha value is -1.95. The minimum atomic E-state index is -1.69. The van der Waals surface area contributed by atoms with Gasteiger partial charge in [-0.05, 0) is 12.0 Å². The lowest BCUT2D eigenvalue weighted by molar-refractivity contribution is -0.150. The summed E-state index contributed by atoms with van der Waals surface area (Å²) in [5.74, 6) is -2.91. The van der Waals surface area contributed by atoms with Crippen LogP contribution in [0.1, 0.15) is 12.0 Å². The van der Waals surface area contributed by atoms with E-state index in [2.05, 4.69) is 5.32 Å². The Labute approximate surface area is 109 Å². The molecule has 0 heterocycles. The zero-order chi connectivity index (χ0) is 13.5. The van der Waals surface area contributed by atoms with Gasteiger partial charge in [-0.3, -0.25) is 0 Å². The normalized spacial score (nSPS) is 10.1. The molecule has 1 rings (SSSR count). The van der Waals surface area contributed by atoms with Crippen LogP contribution in [0.3, 0.4) is 0 Å². The molecule has 0 amide bonds. The van der Waals surface area contributed by atoms with Crippen LogP contribution in [0.2, 0.25) is 0 Å². The van der Waals surface area contributed by atoms with Gasteiger partial charge in [0.15, 0.2) is 0 Å². The van der Waals surface area contributed by atoms with E-state index in [1.807, 2.05) is 30.3 Å². The smallest absolute Gasteiger partial charge is 0.337 e. The summed E-state index contributed by atoms with van der Waals surface area (Å²) in [4.78, 5) is 21.5. The van der Waals surface area contributed by atoms with Crippen molar-refractivity contribution in [1.29, 1.82) is 0 Å². The first-order chi connectivity index (χ1) is 8.50. The first kappa shape index (κ1) is 14.1. The maximum atomic E-state index is 10.6. The van der Waals surface area contributed by atoms with E-state index in [-0.39, 0.29) is 4.99 Å². The Balaban J connectivity index is 2.46. The van der Waals surface area contributed by atoms with Gasteiger partial charge in [0.05, 0.1) is 4.99 Å². The van der Waals surface area contributed by atoms with Gasteiger partial charge >= 0.3 is 11.9 Å². The third-order valence-corrected chi connectivity index (χ3v) is 2.60. The highest BCUT2D eigenvalue weighted by Gasteiger charge is 2.25. The lowest BCUT2D eigenvalue weighted by Gasteiger charge is -2.12. The predicted molar refractivity (Wildman–Crippen MR) is 69.6 cm³/mol. The molecule has 6 heteroatoms. The van der Waals surface area contributed by atoms with Crippen LogP contribution in [0, 0.1) is 0 Å². The Bertz CT molecular complexity index is 433. The van der Waals surface area contributed by atoms with Gasteiger partial charge in [-0.2, -0.15) is 0 Å². The van der Waals surface area contributed by atoms with Crippen LogP contribution in [0.15, 0.2) is 30.3 Å². The molecule has 1 aromatic rings. The number of aliphatic carboxylic acids is 2. The number of hydrogen-bond acceptors (Lipinski definition) is 3. The summed E-state index contributed by atoms with van der Waals surface area (Å²) in [6, 6.07) is 7.84. The van der Waals surface area contributed by atoms with Crippen molar-refractivity contribution in [1.82, 2.24) is 5.32 Å². The van der Waals surface area contributed by atoms with Crippen molar-refractivity contribution in [2.24, 2.45) is 0 Å². The number of nitrogens with one attached hydrogen (secondary N) is 1. The van der Waals surface area contributed by atoms with E-state index in [0.717, 1.165) is 5.56 Å². The summed E-state index contributed by atoms with van der Waals surface area (Å²) in [5, 5.41) is 19.7. The average Bonchev–Trinajstić information content (AvgIpc) is 2.34. The minimum Gasteiger partial charge on any atom is -0.479 e. The molecule has 1 aromatic carbocycles. The van der Waals surface area contributed by atoms with Gasteiger partial charge in [0.2, 0.25) is 6.04 Å². The lowest BCUT2D eigenvalue weighted by atomic mass is 10.1. The van der Waals surface area contributed by atoms with Gasteiger partial charge in [-0.15, -0.1) is 0 Å². The number of hydrogen-bond donors (Lipinski definition) is 3. The van der Waals surface area contributed by atoms with Crippen molar-refractivity contribution in [3.63, 3.8) is 0 Å². The molecule has 18 heavy (non-hydrogen) atoms. The number of benzene rings is 1. The molecule has 0 saturated carbocycles. The van der Waals surface area contributed by atoms with Crippen LogP contribution in [-0.2, 0) is 16.0 Å². The molecule has 0 bridgehead atoms. The van der Waals surface area contributed by atoms with Gasteiger partial charge in [-0.25, -0.2) is 9.59 Å². The molecule has 0 fully saturated rings. The summed E-state index contributed by atoms with van der Waals surface area (Å²) in [6.45, 7) is 0. The highest BCUT2D eigenvalue weighted by atomic mass is 32.1. The molecule has 0 radical (unpaired) electrons. The second kappa shape index (κ2) is 6.70. The highest BCUT2D eigenvalue weighted by Crippen LogP contribution is 2.03. The minimum absolute atomic E-state index is 0.230. The molecule has 0 aromatic heterocycles. The fourth-order valence-electron chi connectivity index (χ4n) is 1.36. The molecule has 5 nitrogen and oxygen atoms in total. The number of carboxylic acid groups (broad SMARTS) is 2. The number of aryl methyl sites for hydroxylation is 1. The summed E-state index contributed by atoms with van der Waals surface area (Å²) < 4.78 is 0. The molecular formula is C12H13NO4S. The Morgan fingerprint density at radius 3 is 2.22 bits per heavy atom. The fraction of sp³-hybridized carbons (Fsp3) is 0.250. The summed E-state index contributed by atoms with van der Waals surface area (Å²) >= 11 is 4.93. The van der Waals surface area contributed by atoms with Gasteiger partial charge in [-0.1, -0.05) is 42.5 Å². The highest BCUT2D eigenvalue weighted by molar-refractivity contribution is 7.80. The van der Waals surface area contributed by atoms with Gasteiger partial charge in [0.25, 0.3) is 0 Å². The molecule has 0 atom stereocenters. The average molecular weight is 267 g/mol. The molecular weight excluding hydrogens is 254 g/mol. The molecule has 0 unspecified atom stereocenters. The number of thiocarbonyl (C=S) groups is 1. The van der Waals surface area contributed by atoms with Crippen LogP contribution in [0.25, 0.3) is 0 Å². The lowest BCUT2D eigenvalue weighted by Crippen LogP contribution is -2.45. The first-order valence-electron chi connectivity index (χ1n) is 5.29. The maximum absolute atomic E-state index is 10.6. The van der Waals surface area contributed by atoms with Crippen LogP contribution < -0.4 is 5.32 Å². The van der Waals surface area contributed by atoms with Crippen LogP contribution in [0.4, 0.5) is 0 Å². The van der Waals surface area contributed by atoms with Crippen LogP contribution in [-0.4, -0.2) is 33.2 Å². The van der Waals surface area contributed by atoms with E-state index in [4.69, 9.17) is 22.4 Å². The number of carboxylic acids is 2. The van der Waals surface area contributed by atoms with E-state index in [1.165, 1.54) is 0 Å². The topological polar surface area (TPSA) is 86.6 Å². The fourth-order valence-corrected chi connectivity index (χ4v) is 1.58. The molecule has 0 spiro atoms. The molecule has 0 saturated heterocycles. The molecule has 3 N–H and O–H groups in total. The van der Waals surface area contributed by atoms with Crippen molar-refractivity contribution in [3.8, 4) is 0 Å². The third kappa shape index (κ3) is 4.50. The van der Waals surface area contributed by atoms with Crippen molar-refractivity contribution in [2.45, 2.75) is 18.9 Å². The third-order valence-electron chi connectivity index (χ3n) is 2.28. The van der Waals surface area contributed by atoms with E-state index < -0.39 is 18.0 Å². The summed E-state index contributed by atoms with van der Waals surface area (Å²) in [6.07, 6.45) is 1.05. The van der Waals surface area contributed by atoms with Crippen LogP contribution >= 0.6 is 12.2 Å². The number of carbonyl (C=O) groups is 2. The Morgan fingerprint density at radius 1 is 1.17 bits per heavy atom. The van der Waals surface area contributed by atoms with E-state index in [9.17, 15) is 9.59 Å². The van der Waals surface area contributed by atoms with Crippen molar-refractivity contribution in [2.75, 3.05) is 0 Å². The largest absolute Gasteiger partial charge is 0.479 e. The second-order valence-electron chi connectivity index (χ2n) is 3.66. The summed E-state index contributed by atoms with van der Waals surface area (Å²) in [7, 11) is 0. The Morgan fingerprint density at radius 2 is 1.72 bits per heavy atom. The molecule has 0 aliphatic rings. The SMILES string of the molecule is O=C(O)C(NC(=S)CCc1ccccc1)C(=O)O. The van der Waals surface area contributed by atoms with Crippen molar-refractivity contribution < 1.29 is 19.8 Å². The van der Waals surface area contributed by atoms with E-state index in [0.29, 0.717) is 12.8 Å². The van der Waals surface area contributed by atoms with Gasteiger partial charge in [0.1, 0.15) is 0 Å². The Kier molecular flexibility index (Phi) is 5.26. The maximum Gasteiger partial charge on any atom is 0.337 e. The monoisotopic (exact) mass is 267 g/mol. The van der Waals surface area contributed by atoms with Crippen LogP contribution in [0.5, 0.6) is 0 Å². The molecule has 0 aliphatic carbocycles. The van der Waals surface area contributed by atoms with Crippen molar-refractivity contribution in [3.05, 3.63) is 35.9 Å². The van der Waals surface area contributed by atoms with Gasteiger partial charge < -0.3 is 15.5 Å². The quantitative estimate of drug-likeness (QED) is 0.528. The first-order valence-corrected chi connectivity index (χ1v) is 5.70. The predicted octanol–water partition coefficient (Wildman–Crippen LogP) is 1.07. The van der Waals surface area contributed by atoms with Crippen molar-refractivity contribution >= 4 is 29.1 Å². The summed E-state index contributed by atoms with van der Waals surface area (Å²) in [5.41, 5.74) is 1.06. The second-order valence-corrected chi connectivity index (χ2v) is 4.16. The standard InChI is InChI=1S/C12H13NO4S/c14-11(15)10(12(16)17)13-9(18)7-6-8-4-2-1-3-5-8/h1-5,10H,6-7H2,(H,13,18)(H,14,15)(H,16,17). The number of rotatable bonds is 6. The zero-order valence-electron chi connectivity index (χ0n) is 9.50. The molecule has 0 aliphatic heterocycles. The zero-order valence-corrected chi connectivity index (χ0v) is 10.3. The van der Waals surface area contributed by atoms with E-state index >= 15 is 0 Å². The van der Waals surface area contributed by atoms with E-state index in [1.54, 1.807) is 0 Å². The van der Waals surface area contributed by atoms with Gasteiger partial charge in [0, 0.05) is 6.42 Å². The molecule has 96 valence electrons.